The molecule has 2 heteroatoms. The van der Waals surface area contributed by atoms with Gasteiger partial charge in [0.2, 0.25) is 0 Å². The van der Waals surface area contributed by atoms with Crippen LogP contribution in [0.4, 0.5) is 0 Å². The van der Waals surface area contributed by atoms with Gasteiger partial charge in [-0.05, 0) is 56.6 Å². The maximum Gasteiger partial charge on any atom is 0.0199 e. The fourth-order valence-electron chi connectivity index (χ4n) is 3.91. The average Bonchev–Trinajstić information content (AvgIpc) is 2.49. The molecule has 0 saturated carbocycles. The third-order valence-corrected chi connectivity index (χ3v) is 5.58. The van der Waals surface area contributed by atoms with Gasteiger partial charge in [0.25, 0.3) is 0 Å². The zero-order valence-electron chi connectivity index (χ0n) is 16.0. The molecule has 1 aliphatic heterocycles. The molecule has 0 radical (unpaired) electrons. The van der Waals surface area contributed by atoms with Gasteiger partial charge in [-0.15, -0.1) is 0 Å². The van der Waals surface area contributed by atoms with Crippen LogP contribution in [0.3, 0.4) is 0 Å². The molecule has 1 fully saturated rings. The summed E-state index contributed by atoms with van der Waals surface area (Å²) < 4.78 is 0. The Kier molecular flexibility index (Phi) is 6.27. The second-order valence-electron chi connectivity index (χ2n) is 8.41. The second-order valence-corrected chi connectivity index (χ2v) is 8.41. The first kappa shape index (κ1) is 18.5. The van der Waals surface area contributed by atoms with Crippen molar-refractivity contribution in [2.24, 2.45) is 5.41 Å². The van der Waals surface area contributed by atoms with E-state index in [9.17, 15) is 0 Å². The van der Waals surface area contributed by atoms with Crippen molar-refractivity contribution < 1.29 is 0 Å². The molecule has 1 heterocycles. The van der Waals surface area contributed by atoms with Crippen molar-refractivity contribution in [3.63, 3.8) is 0 Å². The summed E-state index contributed by atoms with van der Waals surface area (Å²) in [7, 11) is 0. The van der Waals surface area contributed by atoms with Crippen molar-refractivity contribution in [3.8, 4) is 0 Å². The molecule has 2 nitrogen and oxygen atoms in total. The highest BCUT2D eigenvalue weighted by molar-refractivity contribution is 5.39. The number of hydrogen-bond donors (Lipinski definition) is 0. The van der Waals surface area contributed by atoms with E-state index >= 15 is 0 Å². The molecule has 130 valence electrons. The van der Waals surface area contributed by atoms with E-state index in [0.29, 0.717) is 11.5 Å². The number of rotatable bonds is 5. The molecular weight excluding hydrogens is 280 g/mol. The lowest BCUT2D eigenvalue weighted by atomic mass is 9.72. The second kappa shape index (κ2) is 7.81. The van der Waals surface area contributed by atoms with Gasteiger partial charge in [0.15, 0.2) is 0 Å². The summed E-state index contributed by atoms with van der Waals surface area (Å²) in [6.45, 7) is 21.6. The Morgan fingerprint density at radius 1 is 1.22 bits per heavy atom. The van der Waals surface area contributed by atoms with Gasteiger partial charge < -0.3 is 0 Å². The third-order valence-electron chi connectivity index (χ3n) is 5.58. The van der Waals surface area contributed by atoms with Gasteiger partial charge in [-0.3, -0.25) is 9.80 Å². The topological polar surface area (TPSA) is 6.48 Å². The first-order valence-corrected chi connectivity index (χ1v) is 9.29. The highest BCUT2D eigenvalue weighted by Crippen LogP contribution is 2.41. The van der Waals surface area contributed by atoms with Gasteiger partial charge in [0.05, 0.1) is 0 Å². The van der Waals surface area contributed by atoms with Gasteiger partial charge in [-0.1, -0.05) is 38.2 Å². The molecule has 0 unspecified atom stereocenters. The Hall–Kier alpha value is -0.860. The van der Waals surface area contributed by atoms with E-state index in [0.717, 1.165) is 0 Å². The molecule has 0 atom stereocenters. The van der Waals surface area contributed by atoms with Crippen LogP contribution in [0.1, 0.15) is 53.9 Å². The van der Waals surface area contributed by atoms with Crippen LogP contribution in [-0.2, 0) is 0 Å². The summed E-state index contributed by atoms with van der Waals surface area (Å²) >= 11 is 0. The molecular formula is C21H36N2. The summed E-state index contributed by atoms with van der Waals surface area (Å²) in [4.78, 5) is 5.26. The standard InChI is InChI=1S/C21H36N2/c1-7-8-18(4)20-15-21(5,6)10-9-19(20)16-22-11-13-23(14-12-22)17(2)3/h7-8,17H,1,9-16H2,2-6H3/b18-8+. The SMILES string of the molecule is C=C/C=C(\C)C1=C(CN2CCN(C(C)C)CC2)CCC(C)(C)C1. The molecule has 23 heavy (non-hydrogen) atoms. The zero-order valence-corrected chi connectivity index (χ0v) is 16.0. The fourth-order valence-corrected chi connectivity index (χ4v) is 3.91. The quantitative estimate of drug-likeness (QED) is 0.681. The van der Waals surface area contributed by atoms with Crippen molar-refractivity contribution in [1.29, 1.82) is 0 Å². The minimum Gasteiger partial charge on any atom is -0.298 e. The molecule has 2 aliphatic rings. The maximum absolute atomic E-state index is 3.88. The van der Waals surface area contributed by atoms with Crippen LogP contribution in [0.15, 0.2) is 35.5 Å². The number of allylic oxidation sites excluding steroid dienone is 4. The van der Waals surface area contributed by atoms with Gasteiger partial charge in [-0.2, -0.15) is 0 Å². The monoisotopic (exact) mass is 316 g/mol. The molecule has 0 aromatic rings. The summed E-state index contributed by atoms with van der Waals surface area (Å²) in [5.74, 6) is 0. The van der Waals surface area contributed by atoms with E-state index in [1.54, 1.807) is 11.1 Å². The molecule has 1 aliphatic carbocycles. The number of nitrogens with zero attached hydrogens (tertiary/aromatic N) is 2. The molecule has 0 aromatic carbocycles. The van der Waals surface area contributed by atoms with Gasteiger partial charge in [0.1, 0.15) is 0 Å². The first-order valence-electron chi connectivity index (χ1n) is 9.29. The molecule has 0 aromatic heterocycles. The van der Waals surface area contributed by atoms with E-state index in [1.807, 2.05) is 6.08 Å². The number of piperazine rings is 1. The molecule has 0 N–H and O–H groups in total. The molecule has 0 spiro atoms. The lowest BCUT2D eigenvalue weighted by molar-refractivity contribution is 0.113. The largest absolute Gasteiger partial charge is 0.298 e. The van der Waals surface area contributed by atoms with E-state index in [4.69, 9.17) is 0 Å². The van der Waals surface area contributed by atoms with Gasteiger partial charge in [0, 0.05) is 38.8 Å². The van der Waals surface area contributed by atoms with Crippen molar-refractivity contribution in [2.45, 2.75) is 59.9 Å². The van der Waals surface area contributed by atoms with Crippen LogP contribution >= 0.6 is 0 Å². The fraction of sp³-hybridized carbons (Fsp3) is 0.714. The van der Waals surface area contributed by atoms with Gasteiger partial charge in [-0.25, -0.2) is 0 Å². The summed E-state index contributed by atoms with van der Waals surface area (Å²) in [5.41, 5.74) is 5.14. The van der Waals surface area contributed by atoms with Crippen LogP contribution in [0.2, 0.25) is 0 Å². The summed E-state index contributed by atoms with van der Waals surface area (Å²) in [5, 5.41) is 0. The van der Waals surface area contributed by atoms with Crippen LogP contribution in [0, 0.1) is 5.41 Å². The van der Waals surface area contributed by atoms with Gasteiger partial charge >= 0.3 is 0 Å². The maximum atomic E-state index is 3.88. The van der Waals surface area contributed by atoms with Crippen molar-refractivity contribution in [2.75, 3.05) is 32.7 Å². The third kappa shape index (κ3) is 5.06. The Morgan fingerprint density at radius 2 is 1.87 bits per heavy atom. The smallest absolute Gasteiger partial charge is 0.0199 e. The van der Waals surface area contributed by atoms with Crippen molar-refractivity contribution in [1.82, 2.24) is 9.80 Å². The van der Waals surface area contributed by atoms with E-state index in [2.05, 4.69) is 57.1 Å². The Bertz CT molecular complexity index is 474. The normalized spacial score (nSPS) is 24.3. The van der Waals surface area contributed by atoms with Crippen LogP contribution in [-0.4, -0.2) is 48.6 Å². The lowest BCUT2D eigenvalue weighted by Gasteiger charge is -2.39. The van der Waals surface area contributed by atoms with E-state index < -0.39 is 0 Å². The van der Waals surface area contributed by atoms with Crippen LogP contribution in [0.25, 0.3) is 0 Å². The molecule has 2 rings (SSSR count). The average molecular weight is 317 g/mol. The molecule has 1 saturated heterocycles. The first-order chi connectivity index (χ1) is 10.8. The van der Waals surface area contributed by atoms with Crippen LogP contribution in [0.5, 0.6) is 0 Å². The number of hydrogen-bond acceptors (Lipinski definition) is 2. The van der Waals surface area contributed by atoms with Crippen molar-refractivity contribution >= 4 is 0 Å². The van der Waals surface area contributed by atoms with Crippen LogP contribution < -0.4 is 0 Å². The molecule has 0 amide bonds. The highest BCUT2D eigenvalue weighted by Gasteiger charge is 2.29. The Balaban J connectivity index is 2.09. The lowest BCUT2D eigenvalue weighted by Crippen LogP contribution is -2.49. The molecule has 0 bridgehead atoms. The minimum absolute atomic E-state index is 0.436. The highest BCUT2D eigenvalue weighted by atomic mass is 15.3. The van der Waals surface area contributed by atoms with E-state index in [-0.39, 0.29) is 0 Å². The summed E-state index contributed by atoms with van der Waals surface area (Å²) in [6.07, 6.45) is 7.91. The zero-order chi connectivity index (χ0) is 17.0. The van der Waals surface area contributed by atoms with E-state index in [1.165, 1.54) is 57.6 Å². The Morgan fingerprint density at radius 3 is 2.43 bits per heavy atom. The predicted molar refractivity (Wildman–Crippen MR) is 102 cm³/mol. The summed E-state index contributed by atoms with van der Waals surface area (Å²) in [6, 6.07) is 0.681. The minimum atomic E-state index is 0.436. The predicted octanol–water partition coefficient (Wildman–Crippen LogP) is 4.65. The Labute approximate surface area is 143 Å². The van der Waals surface area contributed by atoms with Crippen molar-refractivity contribution in [3.05, 3.63) is 35.5 Å².